The Bertz CT molecular complexity index is 325. The van der Waals surface area contributed by atoms with Gasteiger partial charge in [-0.15, -0.1) is 0 Å². The summed E-state index contributed by atoms with van der Waals surface area (Å²) < 4.78 is 2.16. The monoisotopic (exact) mass is 179 g/mol. The summed E-state index contributed by atoms with van der Waals surface area (Å²) in [6, 6.07) is 0. The van der Waals surface area contributed by atoms with Crippen LogP contribution in [0.4, 0.5) is 0 Å². The van der Waals surface area contributed by atoms with Crippen LogP contribution in [0.1, 0.15) is 26.0 Å². The highest BCUT2D eigenvalue weighted by atomic mass is 15.0. The van der Waals surface area contributed by atoms with E-state index >= 15 is 0 Å². The molecule has 3 nitrogen and oxygen atoms in total. The molecule has 1 aromatic heterocycles. The summed E-state index contributed by atoms with van der Waals surface area (Å²) in [5, 5.41) is 0. The minimum atomic E-state index is 0.942. The largest absolute Gasteiger partial charge is 0.330 e. The predicted octanol–water partition coefficient (Wildman–Crippen LogP) is 1.39. The van der Waals surface area contributed by atoms with Gasteiger partial charge in [0.05, 0.1) is 5.69 Å². The highest BCUT2D eigenvalue weighted by Gasteiger charge is 1.98. The Morgan fingerprint density at radius 2 is 2.23 bits per heavy atom. The third-order valence-corrected chi connectivity index (χ3v) is 2.02. The van der Waals surface area contributed by atoms with Gasteiger partial charge in [0.25, 0.3) is 0 Å². The number of hydrogen-bond acceptors (Lipinski definition) is 2. The molecule has 1 rings (SSSR count). The van der Waals surface area contributed by atoms with Crippen LogP contribution in [0.2, 0.25) is 0 Å². The van der Waals surface area contributed by atoms with Crippen LogP contribution in [-0.4, -0.2) is 16.6 Å². The van der Waals surface area contributed by atoms with Crippen LogP contribution in [0.5, 0.6) is 0 Å². The van der Waals surface area contributed by atoms with Gasteiger partial charge in [0, 0.05) is 26.0 Å². The molecule has 0 aliphatic rings. The molecule has 1 heterocycles. The summed E-state index contributed by atoms with van der Waals surface area (Å²) in [7, 11) is 1.82. The Morgan fingerprint density at radius 3 is 2.77 bits per heavy atom. The lowest BCUT2D eigenvalue weighted by Crippen LogP contribution is -2.25. The zero-order valence-corrected chi connectivity index (χ0v) is 8.62. The standard InChI is InChI=1S/C10H17N3/c1-4-7-13-8-6-12-9(5-2)10(13)11-3/h6,8H,4-5,7H2,1-3H3. The summed E-state index contributed by atoms with van der Waals surface area (Å²) in [4.78, 5) is 8.56. The lowest BCUT2D eigenvalue weighted by molar-refractivity contribution is 0.625. The molecule has 3 heteroatoms. The first-order valence-corrected chi connectivity index (χ1v) is 4.80. The van der Waals surface area contributed by atoms with Crippen LogP contribution in [0, 0.1) is 0 Å². The predicted molar refractivity (Wildman–Crippen MR) is 53.4 cm³/mol. The SMILES string of the molecule is CCCn1ccnc(CC)c1=NC. The third-order valence-electron chi connectivity index (χ3n) is 2.02. The maximum atomic E-state index is 4.30. The molecule has 0 aliphatic carbocycles. The van der Waals surface area contributed by atoms with Gasteiger partial charge in [-0.3, -0.25) is 9.98 Å². The van der Waals surface area contributed by atoms with Crippen LogP contribution in [0.25, 0.3) is 0 Å². The van der Waals surface area contributed by atoms with Crippen molar-refractivity contribution in [3.8, 4) is 0 Å². The zero-order chi connectivity index (χ0) is 9.68. The van der Waals surface area contributed by atoms with Crippen LogP contribution < -0.4 is 5.49 Å². The van der Waals surface area contributed by atoms with Crippen LogP contribution in [0.3, 0.4) is 0 Å². The molecular weight excluding hydrogens is 162 g/mol. The summed E-state index contributed by atoms with van der Waals surface area (Å²) in [6.07, 6.45) is 5.91. The Labute approximate surface area is 79.2 Å². The lowest BCUT2D eigenvalue weighted by Gasteiger charge is -2.07. The Hall–Kier alpha value is -1.12. The van der Waals surface area contributed by atoms with Crippen molar-refractivity contribution >= 4 is 0 Å². The fourth-order valence-corrected chi connectivity index (χ4v) is 1.43. The number of hydrogen-bond donors (Lipinski definition) is 0. The minimum Gasteiger partial charge on any atom is -0.330 e. The van der Waals surface area contributed by atoms with E-state index in [1.807, 2.05) is 19.4 Å². The first-order chi connectivity index (χ1) is 6.33. The number of aryl methyl sites for hydroxylation is 2. The molecule has 0 saturated carbocycles. The second-order valence-electron chi connectivity index (χ2n) is 2.97. The molecule has 0 radical (unpaired) electrons. The van der Waals surface area contributed by atoms with Crippen molar-refractivity contribution in [3.63, 3.8) is 0 Å². The van der Waals surface area contributed by atoms with Gasteiger partial charge in [0.1, 0.15) is 5.49 Å². The van der Waals surface area contributed by atoms with Crippen molar-refractivity contribution in [1.82, 2.24) is 9.55 Å². The molecule has 0 bridgehead atoms. The summed E-state index contributed by atoms with van der Waals surface area (Å²) in [5.74, 6) is 0. The number of nitrogens with zero attached hydrogens (tertiary/aromatic N) is 3. The van der Waals surface area contributed by atoms with E-state index in [2.05, 4.69) is 28.4 Å². The first-order valence-electron chi connectivity index (χ1n) is 4.80. The van der Waals surface area contributed by atoms with E-state index in [4.69, 9.17) is 0 Å². The molecular formula is C10H17N3. The van der Waals surface area contributed by atoms with Gasteiger partial charge in [-0.05, 0) is 12.8 Å². The van der Waals surface area contributed by atoms with Crippen LogP contribution in [0.15, 0.2) is 17.4 Å². The van der Waals surface area contributed by atoms with Gasteiger partial charge in [-0.1, -0.05) is 13.8 Å². The average molecular weight is 179 g/mol. The van der Waals surface area contributed by atoms with E-state index in [-0.39, 0.29) is 0 Å². The molecule has 1 aromatic rings. The van der Waals surface area contributed by atoms with Crippen LogP contribution in [-0.2, 0) is 13.0 Å². The molecule has 72 valence electrons. The molecule has 0 atom stereocenters. The van der Waals surface area contributed by atoms with Crippen LogP contribution >= 0.6 is 0 Å². The minimum absolute atomic E-state index is 0.942. The fourth-order valence-electron chi connectivity index (χ4n) is 1.43. The van der Waals surface area contributed by atoms with Gasteiger partial charge < -0.3 is 4.57 Å². The van der Waals surface area contributed by atoms with E-state index in [1.54, 1.807) is 0 Å². The molecule has 0 spiro atoms. The topological polar surface area (TPSA) is 30.2 Å². The maximum absolute atomic E-state index is 4.30. The molecule has 0 aromatic carbocycles. The van der Waals surface area contributed by atoms with E-state index in [1.165, 1.54) is 0 Å². The number of rotatable bonds is 3. The quantitative estimate of drug-likeness (QED) is 0.689. The molecule has 0 unspecified atom stereocenters. The molecule has 0 saturated heterocycles. The Kier molecular flexibility index (Phi) is 3.68. The highest BCUT2D eigenvalue weighted by molar-refractivity contribution is 4.96. The third kappa shape index (κ3) is 2.17. The molecule has 0 amide bonds. The average Bonchev–Trinajstić information content (AvgIpc) is 2.18. The van der Waals surface area contributed by atoms with E-state index in [0.717, 1.165) is 30.6 Å². The van der Waals surface area contributed by atoms with Crippen molar-refractivity contribution in [2.24, 2.45) is 4.99 Å². The summed E-state index contributed by atoms with van der Waals surface area (Å²) in [6.45, 7) is 5.29. The first kappa shape index (κ1) is 9.96. The smallest absolute Gasteiger partial charge is 0.149 e. The van der Waals surface area contributed by atoms with Crippen molar-refractivity contribution in [1.29, 1.82) is 0 Å². The second-order valence-corrected chi connectivity index (χ2v) is 2.97. The maximum Gasteiger partial charge on any atom is 0.149 e. The highest BCUT2D eigenvalue weighted by Crippen LogP contribution is 1.90. The summed E-state index contributed by atoms with van der Waals surface area (Å²) >= 11 is 0. The van der Waals surface area contributed by atoms with Gasteiger partial charge in [0.15, 0.2) is 0 Å². The number of aromatic nitrogens is 2. The normalized spacial score (nSPS) is 12.1. The van der Waals surface area contributed by atoms with Crippen molar-refractivity contribution in [2.45, 2.75) is 33.2 Å². The van der Waals surface area contributed by atoms with E-state index < -0.39 is 0 Å². The molecule has 0 aliphatic heterocycles. The zero-order valence-electron chi connectivity index (χ0n) is 8.62. The van der Waals surface area contributed by atoms with Gasteiger partial charge in [-0.25, -0.2) is 0 Å². The Morgan fingerprint density at radius 1 is 1.46 bits per heavy atom. The van der Waals surface area contributed by atoms with Crippen molar-refractivity contribution in [2.75, 3.05) is 7.05 Å². The Balaban J connectivity index is 3.20. The molecule has 0 N–H and O–H groups in total. The molecule has 0 fully saturated rings. The van der Waals surface area contributed by atoms with E-state index in [0.29, 0.717) is 0 Å². The summed E-state index contributed by atoms with van der Waals surface area (Å²) in [5.41, 5.74) is 2.10. The van der Waals surface area contributed by atoms with Crippen molar-refractivity contribution in [3.05, 3.63) is 23.6 Å². The van der Waals surface area contributed by atoms with Gasteiger partial charge in [0.2, 0.25) is 0 Å². The fraction of sp³-hybridized carbons (Fsp3) is 0.600. The second kappa shape index (κ2) is 4.80. The van der Waals surface area contributed by atoms with Gasteiger partial charge >= 0.3 is 0 Å². The van der Waals surface area contributed by atoms with Crippen molar-refractivity contribution < 1.29 is 0 Å². The molecule has 13 heavy (non-hydrogen) atoms. The van der Waals surface area contributed by atoms with E-state index in [9.17, 15) is 0 Å². The van der Waals surface area contributed by atoms with Gasteiger partial charge in [-0.2, -0.15) is 0 Å². The lowest BCUT2D eigenvalue weighted by atomic mass is 10.3.